The van der Waals surface area contributed by atoms with Crippen LogP contribution in [0.15, 0.2) is 34.9 Å². The van der Waals surface area contributed by atoms with Gasteiger partial charge in [-0.3, -0.25) is 0 Å². The monoisotopic (exact) mass is 161 g/mol. The van der Waals surface area contributed by atoms with Crippen LogP contribution < -0.4 is 0 Å². The molecule has 0 N–H and O–H groups in total. The van der Waals surface area contributed by atoms with Gasteiger partial charge in [0.2, 0.25) is 0 Å². The number of nitriles is 1. The second-order valence-electron chi connectivity index (χ2n) is 2.87. The molecule has 0 amide bonds. The predicted octanol–water partition coefficient (Wildman–Crippen LogP) is 3.37. The molecule has 64 valence electrons. The molecule has 0 fully saturated rings. The number of allylic oxidation sites excluding steroid dienone is 6. The van der Waals surface area contributed by atoms with E-state index in [0.717, 1.165) is 0 Å². The Balaban J connectivity index is 4.48. The van der Waals surface area contributed by atoms with Gasteiger partial charge in [0.25, 0.3) is 0 Å². The quantitative estimate of drug-likeness (QED) is 0.450. The van der Waals surface area contributed by atoms with Crippen LogP contribution in [0.25, 0.3) is 0 Å². The SMILES string of the molecule is C/C=C(C#N)\C=C/C(C)=C(C)C. The van der Waals surface area contributed by atoms with Crippen LogP contribution in [0.5, 0.6) is 0 Å². The molecule has 1 nitrogen and oxygen atoms in total. The molecule has 0 radical (unpaired) electrons. The van der Waals surface area contributed by atoms with Crippen LogP contribution in [0, 0.1) is 11.3 Å². The van der Waals surface area contributed by atoms with Crippen molar-refractivity contribution in [2.24, 2.45) is 0 Å². The molecule has 0 saturated carbocycles. The van der Waals surface area contributed by atoms with Gasteiger partial charge in [0.1, 0.15) is 0 Å². The van der Waals surface area contributed by atoms with E-state index in [1.165, 1.54) is 11.1 Å². The summed E-state index contributed by atoms with van der Waals surface area (Å²) in [5.41, 5.74) is 3.19. The van der Waals surface area contributed by atoms with Crippen molar-refractivity contribution < 1.29 is 0 Å². The first-order chi connectivity index (χ1) is 5.61. The van der Waals surface area contributed by atoms with Gasteiger partial charge in [0.15, 0.2) is 0 Å². The summed E-state index contributed by atoms with van der Waals surface area (Å²) in [5.74, 6) is 0. The average Bonchev–Trinajstić information content (AvgIpc) is 2.05. The average molecular weight is 161 g/mol. The summed E-state index contributed by atoms with van der Waals surface area (Å²) in [7, 11) is 0. The van der Waals surface area contributed by atoms with Crippen LogP contribution in [-0.2, 0) is 0 Å². The fourth-order valence-electron chi connectivity index (χ4n) is 0.579. The minimum atomic E-state index is 0.704. The highest BCUT2D eigenvalue weighted by molar-refractivity contribution is 5.36. The second-order valence-corrected chi connectivity index (χ2v) is 2.87. The van der Waals surface area contributed by atoms with E-state index in [1.807, 2.05) is 26.0 Å². The number of hydrogen-bond acceptors (Lipinski definition) is 1. The fourth-order valence-corrected chi connectivity index (χ4v) is 0.579. The Morgan fingerprint density at radius 2 is 1.75 bits per heavy atom. The van der Waals surface area contributed by atoms with Gasteiger partial charge in [-0.1, -0.05) is 23.3 Å². The third kappa shape index (κ3) is 3.78. The van der Waals surface area contributed by atoms with E-state index < -0.39 is 0 Å². The van der Waals surface area contributed by atoms with Crippen molar-refractivity contribution in [3.8, 4) is 6.07 Å². The number of nitrogens with zero attached hydrogens (tertiary/aromatic N) is 1. The van der Waals surface area contributed by atoms with Gasteiger partial charge in [-0.25, -0.2) is 0 Å². The lowest BCUT2D eigenvalue weighted by Gasteiger charge is -1.94. The zero-order chi connectivity index (χ0) is 9.56. The Kier molecular flexibility index (Phi) is 4.79. The van der Waals surface area contributed by atoms with E-state index in [2.05, 4.69) is 19.9 Å². The summed E-state index contributed by atoms with van der Waals surface area (Å²) >= 11 is 0. The Labute approximate surface area is 74.7 Å². The fraction of sp³-hybridized carbons (Fsp3) is 0.364. The highest BCUT2D eigenvalue weighted by Crippen LogP contribution is 2.05. The van der Waals surface area contributed by atoms with Crippen molar-refractivity contribution in [2.45, 2.75) is 27.7 Å². The molecule has 0 atom stereocenters. The van der Waals surface area contributed by atoms with Crippen LogP contribution in [0.3, 0.4) is 0 Å². The highest BCUT2D eigenvalue weighted by Gasteiger charge is 1.87. The molecule has 0 saturated heterocycles. The highest BCUT2D eigenvalue weighted by atomic mass is 14.2. The van der Waals surface area contributed by atoms with Crippen molar-refractivity contribution in [3.05, 3.63) is 34.9 Å². The Bertz CT molecular complexity index is 268. The van der Waals surface area contributed by atoms with E-state index >= 15 is 0 Å². The molecule has 0 aromatic carbocycles. The molecule has 0 aliphatic carbocycles. The molecular weight excluding hydrogens is 146 g/mol. The topological polar surface area (TPSA) is 23.8 Å². The van der Waals surface area contributed by atoms with E-state index in [-0.39, 0.29) is 0 Å². The van der Waals surface area contributed by atoms with Crippen molar-refractivity contribution in [1.29, 1.82) is 5.26 Å². The molecule has 1 heteroatoms. The summed E-state index contributed by atoms with van der Waals surface area (Å²) in [5, 5.41) is 8.59. The zero-order valence-electron chi connectivity index (χ0n) is 8.18. The van der Waals surface area contributed by atoms with Crippen LogP contribution in [0.2, 0.25) is 0 Å². The lowest BCUT2D eigenvalue weighted by molar-refractivity contribution is 1.29. The molecule has 12 heavy (non-hydrogen) atoms. The van der Waals surface area contributed by atoms with E-state index in [9.17, 15) is 0 Å². The first-order valence-electron chi connectivity index (χ1n) is 4.00. The lowest BCUT2D eigenvalue weighted by Crippen LogP contribution is -1.75. The van der Waals surface area contributed by atoms with Crippen LogP contribution in [-0.4, -0.2) is 0 Å². The van der Waals surface area contributed by atoms with Crippen LogP contribution in [0.4, 0.5) is 0 Å². The Morgan fingerprint density at radius 1 is 1.17 bits per heavy atom. The van der Waals surface area contributed by atoms with Gasteiger partial charge in [-0.2, -0.15) is 5.26 Å². The van der Waals surface area contributed by atoms with Gasteiger partial charge in [-0.15, -0.1) is 0 Å². The number of rotatable bonds is 2. The largest absolute Gasteiger partial charge is 0.192 e. The Morgan fingerprint density at radius 3 is 2.08 bits per heavy atom. The third-order valence-electron chi connectivity index (χ3n) is 1.74. The van der Waals surface area contributed by atoms with Crippen LogP contribution in [0.1, 0.15) is 27.7 Å². The van der Waals surface area contributed by atoms with Gasteiger partial charge in [-0.05, 0) is 33.8 Å². The summed E-state index contributed by atoms with van der Waals surface area (Å²) < 4.78 is 0. The Hall–Kier alpha value is -1.29. The predicted molar refractivity (Wildman–Crippen MR) is 52.6 cm³/mol. The van der Waals surface area contributed by atoms with Crippen LogP contribution >= 0.6 is 0 Å². The summed E-state index contributed by atoms with van der Waals surface area (Å²) in [6.45, 7) is 8.01. The van der Waals surface area contributed by atoms with Gasteiger partial charge in [0.05, 0.1) is 6.07 Å². The summed E-state index contributed by atoms with van der Waals surface area (Å²) in [6, 6.07) is 2.10. The molecule has 0 aromatic heterocycles. The summed E-state index contributed by atoms with van der Waals surface area (Å²) in [6.07, 6.45) is 5.60. The molecule has 0 bridgehead atoms. The maximum absolute atomic E-state index is 8.59. The van der Waals surface area contributed by atoms with E-state index in [4.69, 9.17) is 5.26 Å². The van der Waals surface area contributed by atoms with Gasteiger partial charge >= 0.3 is 0 Å². The smallest absolute Gasteiger partial charge is 0.0988 e. The molecule has 0 aromatic rings. The second kappa shape index (κ2) is 5.37. The normalized spacial score (nSPS) is 11.4. The summed E-state index contributed by atoms with van der Waals surface area (Å²) in [4.78, 5) is 0. The maximum atomic E-state index is 8.59. The molecule has 0 unspecified atom stereocenters. The van der Waals surface area contributed by atoms with Crippen molar-refractivity contribution in [1.82, 2.24) is 0 Å². The van der Waals surface area contributed by atoms with Crippen molar-refractivity contribution in [2.75, 3.05) is 0 Å². The zero-order valence-corrected chi connectivity index (χ0v) is 8.18. The molecule has 0 aliphatic rings. The van der Waals surface area contributed by atoms with Crippen molar-refractivity contribution in [3.63, 3.8) is 0 Å². The van der Waals surface area contributed by atoms with E-state index in [0.29, 0.717) is 5.57 Å². The molecule has 0 aliphatic heterocycles. The number of hydrogen-bond donors (Lipinski definition) is 0. The standard InChI is InChI=1S/C11H15N/c1-5-11(8-12)7-6-10(4)9(2)3/h5-7H,1-4H3/b7-6-,11-5+. The minimum Gasteiger partial charge on any atom is -0.192 e. The molecule has 0 rings (SSSR count). The first-order valence-corrected chi connectivity index (χ1v) is 4.00. The molecule has 0 spiro atoms. The van der Waals surface area contributed by atoms with Gasteiger partial charge < -0.3 is 0 Å². The first kappa shape index (κ1) is 10.7. The maximum Gasteiger partial charge on any atom is 0.0988 e. The molecular formula is C11H15N. The minimum absolute atomic E-state index is 0.704. The molecule has 0 heterocycles. The lowest BCUT2D eigenvalue weighted by atomic mass is 10.1. The van der Waals surface area contributed by atoms with Gasteiger partial charge in [0, 0.05) is 5.57 Å². The van der Waals surface area contributed by atoms with Crippen molar-refractivity contribution >= 4 is 0 Å². The third-order valence-corrected chi connectivity index (χ3v) is 1.74. The van der Waals surface area contributed by atoms with E-state index in [1.54, 1.807) is 6.08 Å².